The van der Waals surface area contributed by atoms with E-state index < -0.39 is 0 Å². The second kappa shape index (κ2) is 7.75. The maximum atomic E-state index is 13.6. The molecule has 1 fully saturated rings. The van der Waals surface area contributed by atoms with Gasteiger partial charge in [0.05, 0.1) is 0 Å². The van der Waals surface area contributed by atoms with E-state index in [1.54, 1.807) is 0 Å². The van der Waals surface area contributed by atoms with Crippen LogP contribution in [0.4, 0.5) is 0 Å². The van der Waals surface area contributed by atoms with Crippen LogP contribution < -0.4 is 5.32 Å². The number of halogens is 1. The standard InChI is InChI=1S/C24H29BrN2O2/c1-15-20(23(29)27-11-5-4-6-12-27)21(16-7-9-17(25)10-8-16)22-18(26-15)13-24(2,3)14-19(22)28/h7-10,21,26H,4-6,11-14H2,1-3H3/t21-/m1/s1. The van der Waals surface area contributed by atoms with Gasteiger partial charge in [0.15, 0.2) is 5.78 Å². The minimum absolute atomic E-state index is 0.0676. The summed E-state index contributed by atoms with van der Waals surface area (Å²) in [6, 6.07) is 8.06. The molecule has 4 rings (SSSR count). The molecule has 1 atom stereocenters. The topological polar surface area (TPSA) is 49.4 Å². The number of nitrogens with zero attached hydrogens (tertiary/aromatic N) is 1. The van der Waals surface area contributed by atoms with Crippen LogP contribution in [0.15, 0.2) is 51.3 Å². The predicted molar refractivity (Wildman–Crippen MR) is 118 cm³/mol. The number of nitrogens with one attached hydrogen (secondary N) is 1. The van der Waals surface area contributed by atoms with Crippen LogP contribution in [0, 0.1) is 5.41 Å². The Balaban J connectivity index is 1.82. The van der Waals surface area contributed by atoms with Crippen LogP contribution in [0.3, 0.4) is 0 Å². The molecule has 0 radical (unpaired) electrons. The van der Waals surface area contributed by atoms with Gasteiger partial charge in [-0.3, -0.25) is 9.59 Å². The molecule has 0 aromatic heterocycles. The Hall–Kier alpha value is -1.88. The van der Waals surface area contributed by atoms with Gasteiger partial charge in [-0.15, -0.1) is 0 Å². The van der Waals surface area contributed by atoms with Crippen LogP contribution in [0.5, 0.6) is 0 Å². The average molecular weight is 457 g/mol. The van der Waals surface area contributed by atoms with Crippen LogP contribution in [0.25, 0.3) is 0 Å². The Morgan fingerprint density at radius 2 is 1.76 bits per heavy atom. The van der Waals surface area contributed by atoms with Crippen LogP contribution >= 0.6 is 15.9 Å². The smallest absolute Gasteiger partial charge is 0.252 e. The van der Waals surface area contributed by atoms with Gasteiger partial charge in [-0.2, -0.15) is 0 Å². The number of amides is 1. The Bertz CT molecular complexity index is 905. The maximum absolute atomic E-state index is 13.6. The average Bonchev–Trinajstić information content (AvgIpc) is 2.67. The molecule has 3 aliphatic rings. The number of hydrogen-bond acceptors (Lipinski definition) is 3. The lowest BCUT2D eigenvalue weighted by molar-refractivity contribution is -0.128. The van der Waals surface area contributed by atoms with Crippen molar-refractivity contribution in [2.45, 2.75) is 58.8 Å². The van der Waals surface area contributed by atoms with Gasteiger partial charge in [0.2, 0.25) is 0 Å². The van der Waals surface area contributed by atoms with Crippen LogP contribution in [-0.2, 0) is 9.59 Å². The highest BCUT2D eigenvalue weighted by atomic mass is 79.9. The molecule has 29 heavy (non-hydrogen) atoms. The Morgan fingerprint density at radius 1 is 1.10 bits per heavy atom. The largest absolute Gasteiger partial charge is 0.362 e. The summed E-state index contributed by atoms with van der Waals surface area (Å²) < 4.78 is 0.991. The molecule has 1 N–H and O–H groups in total. The lowest BCUT2D eigenvalue weighted by Gasteiger charge is -2.41. The van der Waals surface area contributed by atoms with Gasteiger partial charge < -0.3 is 10.2 Å². The van der Waals surface area contributed by atoms with Crippen molar-refractivity contribution in [3.63, 3.8) is 0 Å². The van der Waals surface area contributed by atoms with E-state index in [-0.39, 0.29) is 23.0 Å². The molecule has 1 aromatic rings. The van der Waals surface area contributed by atoms with E-state index >= 15 is 0 Å². The number of hydrogen-bond donors (Lipinski definition) is 1. The maximum Gasteiger partial charge on any atom is 0.252 e. The summed E-state index contributed by atoms with van der Waals surface area (Å²) in [5.74, 6) is -0.0581. The molecule has 5 heteroatoms. The summed E-state index contributed by atoms with van der Waals surface area (Å²) in [5, 5.41) is 3.47. The first-order valence-electron chi connectivity index (χ1n) is 10.6. The van der Waals surface area contributed by atoms with Gasteiger partial charge in [0, 0.05) is 52.4 Å². The fourth-order valence-electron chi connectivity index (χ4n) is 4.98. The molecule has 0 unspecified atom stereocenters. The molecule has 154 valence electrons. The number of carbonyl (C=O) groups excluding carboxylic acids is 2. The summed E-state index contributed by atoms with van der Waals surface area (Å²) in [6.45, 7) is 7.86. The third kappa shape index (κ3) is 3.94. The predicted octanol–water partition coefficient (Wildman–Crippen LogP) is 5.07. The number of ketones is 1. The van der Waals surface area contributed by atoms with Crippen LogP contribution in [-0.4, -0.2) is 29.7 Å². The summed E-state index contributed by atoms with van der Waals surface area (Å²) in [7, 11) is 0. The Morgan fingerprint density at radius 3 is 2.41 bits per heavy atom. The molecule has 0 saturated carbocycles. The highest BCUT2D eigenvalue weighted by Crippen LogP contribution is 2.47. The van der Waals surface area contributed by atoms with Gasteiger partial charge in [0.25, 0.3) is 5.91 Å². The van der Waals surface area contributed by atoms with E-state index in [0.29, 0.717) is 6.42 Å². The molecule has 4 nitrogen and oxygen atoms in total. The number of Topliss-reactive ketones (excluding diaryl/α,β-unsaturated/α-hetero) is 1. The molecule has 2 aliphatic heterocycles. The number of likely N-dealkylation sites (tertiary alicyclic amines) is 1. The van der Waals surface area contributed by atoms with Gasteiger partial charge >= 0.3 is 0 Å². The van der Waals surface area contributed by atoms with E-state index in [1.807, 2.05) is 36.1 Å². The van der Waals surface area contributed by atoms with Gasteiger partial charge in [-0.1, -0.05) is 41.9 Å². The van der Waals surface area contributed by atoms with Gasteiger partial charge in [-0.05, 0) is 55.7 Å². The first-order valence-corrected chi connectivity index (χ1v) is 11.3. The third-order valence-corrected chi connectivity index (χ3v) is 6.85. The highest BCUT2D eigenvalue weighted by Gasteiger charge is 2.43. The normalized spacial score (nSPS) is 24.3. The minimum atomic E-state index is -0.294. The zero-order valence-corrected chi connectivity index (χ0v) is 19.1. The molecular formula is C24H29BrN2O2. The third-order valence-electron chi connectivity index (χ3n) is 6.32. The van der Waals surface area contributed by atoms with E-state index in [2.05, 4.69) is 35.1 Å². The van der Waals surface area contributed by atoms with Crippen LogP contribution in [0.1, 0.15) is 64.4 Å². The quantitative estimate of drug-likeness (QED) is 0.675. The molecule has 1 saturated heterocycles. The second-order valence-electron chi connectivity index (χ2n) is 9.33. The monoisotopic (exact) mass is 456 g/mol. The summed E-state index contributed by atoms with van der Waals surface area (Å²) in [4.78, 5) is 28.9. The number of carbonyl (C=O) groups is 2. The minimum Gasteiger partial charge on any atom is -0.362 e. The SMILES string of the molecule is CC1=C(C(=O)N2CCCCC2)[C@@H](c2ccc(Br)cc2)C2=C(CC(C)(C)CC2=O)N1. The van der Waals surface area contributed by atoms with Crippen molar-refractivity contribution in [1.29, 1.82) is 0 Å². The fourth-order valence-corrected chi connectivity index (χ4v) is 5.24. The van der Waals surface area contributed by atoms with Crippen molar-refractivity contribution >= 4 is 27.6 Å². The van der Waals surface area contributed by atoms with Crippen molar-refractivity contribution in [1.82, 2.24) is 10.2 Å². The molecule has 0 bridgehead atoms. The lowest BCUT2D eigenvalue weighted by Crippen LogP contribution is -2.43. The summed E-state index contributed by atoms with van der Waals surface area (Å²) in [5.41, 5.74) is 4.35. The van der Waals surface area contributed by atoms with E-state index in [1.165, 1.54) is 6.42 Å². The van der Waals surface area contributed by atoms with Crippen molar-refractivity contribution in [2.75, 3.05) is 13.1 Å². The van der Waals surface area contributed by atoms with E-state index in [0.717, 1.165) is 64.9 Å². The second-order valence-corrected chi connectivity index (χ2v) is 10.2. The molecule has 1 aliphatic carbocycles. The molecule has 0 spiro atoms. The molecule has 1 amide bonds. The van der Waals surface area contributed by atoms with E-state index in [9.17, 15) is 9.59 Å². The fraction of sp³-hybridized carbons (Fsp3) is 0.500. The van der Waals surface area contributed by atoms with Crippen molar-refractivity contribution in [2.24, 2.45) is 5.41 Å². The van der Waals surface area contributed by atoms with Gasteiger partial charge in [-0.25, -0.2) is 0 Å². The van der Waals surface area contributed by atoms with Crippen molar-refractivity contribution in [3.05, 3.63) is 56.8 Å². The zero-order chi connectivity index (χ0) is 20.8. The molecular weight excluding hydrogens is 428 g/mol. The lowest BCUT2D eigenvalue weighted by atomic mass is 9.68. The first kappa shape index (κ1) is 20.4. The number of rotatable bonds is 2. The van der Waals surface area contributed by atoms with E-state index in [4.69, 9.17) is 0 Å². The zero-order valence-electron chi connectivity index (χ0n) is 17.5. The Labute approximate surface area is 181 Å². The molecule has 2 heterocycles. The first-order chi connectivity index (χ1) is 13.8. The van der Waals surface area contributed by atoms with Crippen LogP contribution in [0.2, 0.25) is 0 Å². The number of benzene rings is 1. The van der Waals surface area contributed by atoms with Gasteiger partial charge in [0.1, 0.15) is 0 Å². The number of piperidine rings is 1. The van der Waals surface area contributed by atoms with Crippen molar-refractivity contribution in [3.8, 4) is 0 Å². The van der Waals surface area contributed by atoms with Crippen molar-refractivity contribution < 1.29 is 9.59 Å². The number of dihydropyridines is 1. The molecule has 1 aromatic carbocycles. The summed E-state index contributed by atoms with van der Waals surface area (Å²) in [6.07, 6.45) is 4.62. The number of allylic oxidation sites excluding steroid dienone is 3. The highest BCUT2D eigenvalue weighted by molar-refractivity contribution is 9.10. The Kier molecular flexibility index (Phi) is 5.45. The summed E-state index contributed by atoms with van der Waals surface area (Å²) >= 11 is 3.51.